The van der Waals surface area contributed by atoms with Crippen LogP contribution in [0.3, 0.4) is 0 Å². The maximum absolute atomic E-state index is 4.39. The van der Waals surface area contributed by atoms with Gasteiger partial charge in [-0.3, -0.25) is 19.9 Å². The van der Waals surface area contributed by atoms with E-state index in [1.54, 1.807) is 0 Å². The van der Waals surface area contributed by atoms with Crippen LogP contribution in [0.15, 0.2) is 171 Å². The third-order valence-electron chi connectivity index (χ3n) is 10.3. The summed E-state index contributed by atoms with van der Waals surface area (Å²) in [6, 6.07) is 43.5. The van der Waals surface area contributed by atoms with E-state index in [2.05, 4.69) is 161 Å². The van der Waals surface area contributed by atoms with Crippen molar-refractivity contribution in [3.05, 3.63) is 171 Å². The molecule has 2 aliphatic heterocycles. The highest BCUT2D eigenvalue weighted by molar-refractivity contribution is 7.26. The van der Waals surface area contributed by atoms with Crippen LogP contribution in [0.5, 0.6) is 0 Å². The molecule has 0 saturated heterocycles. The summed E-state index contributed by atoms with van der Waals surface area (Å²) in [5.41, 5.74) is 9.08. The highest BCUT2D eigenvalue weighted by Gasteiger charge is 2.48. The summed E-state index contributed by atoms with van der Waals surface area (Å²) in [6.45, 7) is -0.312. The van der Waals surface area contributed by atoms with Crippen LogP contribution in [-0.2, 0) is 0 Å². The fraction of sp³-hybridized carbons (Fsp3) is 0. The average molecular weight is 730 g/mol. The summed E-state index contributed by atoms with van der Waals surface area (Å²) in [6.07, 6.45) is 15.0. The van der Waals surface area contributed by atoms with Crippen molar-refractivity contribution in [3.63, 3.8) is 0 Å². The quantitative estimate of drug-likeness (QED) is 0.157. The van der Waals surface area contributed by atoms with E-state index in [-0.39, 0.29) is 14.0 Å². The maximum Gasteiger partial charge on any atom is 0.421 e. The molecule has 11 rings (SSSR count). The monoisotopic (exact) mass is 730 g/mol. The van der Waals surface area contributed by atoms with E-state index >= 15 is 0 Å². The van der Waals surface area contributed by atoms with E-state index in [0.29, 0.717) is 0 Å². The second kappa shape index (κ2) is 12.6. The first kappa shape index (κ1) is 31.1. The van der Waals surface area contributed by atoms with Crippen molar-refractivity contribution in [2.24, 2.45) is 0 Å². The maximum atomic E-state index is 4.39. The third-order valence-corrected chi connectivity index (χ3v) is 12.6. The lowest BCUT2D eigenvalue weighted by Crippen LogP contribution is -2.55. The Hall–Kier alpha value is -6.49. The van der Waals surface area contributed by atoms with Gasteiger partial charge in [-0.05, 0) is 71.6 Å². The van der Waals surface area contributed by atoms with E-state index < -0.39 is 0 Å². The number of hydrogen-bond acceptors (Lipinski definition) is 10. The molecule has 0 spiro atoms. The minimum atomic E-state index is -0.156. The lowest BCUT2D eigenvalue weighted by atomic mass is 9.60. The number of aromatic nitrogens is 4. The molecule has 8 nitrogen and oxygen atoms in total. The largest absolute Gasteiger partial charge is 0.421 e. The summed E-state index contributed by atoms with van der Waals surface area (Å²) >= 11 is 3.65. The molecule has 0 unspecified atom stereocenters. The fourth-order valence-corrected chi connectivity index (χ4v) is 10.5. The fourth-order valence-electron chi connectivity index (χ4n) is 8.04. The molecule has 0 saturated carbocycles. The Morgan fingerprint density at radius 2 is 0.667 bits per heavy atom. The van der Waals surface area contributed by atoms with Crippen LogP contribution in [-0.4, -0.2) is 33.9 Å². The summed E-state index contributed by atoms with van der Waals surface area (Å²) in [4.78, 5) is 27.4. The topological polar surface area (TPSA) is 64.5 Å². The van der Waals surface area contributed by atoms with E-state index in [1.807, 2.05) is 72.2 Å². The van der Waals surface area contributed by atoms with Gasteiger partial charge in [0.15, 0.2) is 0 Å². The third kappa shape index (κ3) is 4.77. The Balaban J connectivity index is 1.09. The van der Waals surface area contributed by atoms with E-state index in [1.165, 1.54) is 52.5 Å². The molecule has 0 fully saturated rings. The molecule has 2 aliphatic rings. The predicted molar refractivity (Wildman–Crippen MR) is 226 cm³/mol. The minimum Gasteiger partial charge on any atom is -0.359 e. The molecule has 0 radical (unpaired) electrons. The lowest BCUT2D eigenvalue weighted by Gasteiger charge is -2.32. The number of pyridine rings is 4. The van der Waals surface area contributed by atoms with Crippen molar-refractivity contribution < 1.29 is 0 Å². The number of benzene rings is 3. The molecule has 0 N–H and O–H groups in total. The number of fused-ring (bicyclic) bond motifs is 6. The molecule has 0 atom stereocenters. The zero-order valence-corrected chi connectivity index (χ0v) is 30.3. The molecule has 3 aromatic carbocycles. The van der Waals surface area contributed by atoms with Gasteiger partial charge in [0.1, 0.15) is 10.0 Å². The van der Waals surface area contributed by atoms with Gasteiger partial charge in [-0.15, -0.1) is 22.7 Å². The normalized spacial score (nSPS) is 13.7. The van der Waals surface area contributed by atoms with Crippen LogP contribution < -0.4 is 30.2 Å². The van der Waals surface area contributed by atoms with Crippen molar-refractivity contribution in [3.8, 4) is 0 Å². The summed E-state index contributed by atoms with van der Waals surface area (Å²) < 4.78 is 2.51. The van der Waals surface area contributed by atoms with Crippen LogP contribution >= 0.6 is 22.7 Å². The van der Waals surface area contributed by atoms with Crippen molar-refractivity contribution in [2.75, 3.05) is 19.2 Å². The summed E-state index contributed by atoms with van der Waals surface area (Å²) in [7, 11) is 0. The first-order valence-corrected chi connectivity index (χ1v) is 19.4. The molecule has 9 aromatic rings. The highest BCUT2D eigenvalue weighted by atomic mass is 32.1. The van der Waals surface area contributed by atoms with Gasteiger partial charge in [-0.2, -0.15) is 0 Å². The number of rotatable bonds is 6. The van der Waals surface area contributed by atoms with Gasteiger partial charge >= 0.3 is 14.0 Å². The lowest BCUT2D eigenvalue weighted by molar-refractivity contribution is 1.29. The van der Waals surface area contributed by atoms with Crippen LogP contribution in [0.2, 0.25) is 0 Å². The van der Waals surface area contributed by atoms with Crippen molar-refractivity contribution in [2.45, 2.75) is 0 Å². The molecule has 6 aromatic heterocycles. The first-order chi connectivity index (χ1) is 26.8. The van der Waals surface area contributed by atoms with Crippen molar-refractivity contribution in [1.29, 1.82) is 0 Å². The smallest absolute Gasteiger partial charge is 0.359 e. The molecular formula is C42H28B2N8S2. The SMILES string of the molecule is c1ccc2c3c(sc2c1)N(c1ccncc1)B(c1ccc(B2N(c4ccncc4)c4sc5ccccc5c4N2c2ccncc2)cc1)N3c1ccncc1. The zero-order valence-electron chi connectivity index (χ0n) is 28.7. The van der Waals surface area contributed by atoms with E-state index in [4.69, 9.17) is 0 Å². The molecule has 0 amide bonds. The Morgan fingerprint density at radius 3 is 1.02 bits per heavy atom. The number of anilines is 8. The van der Waals surface area contributed by atoms with E-state index in [9.17, 15) is 0 Å². The molecule has 54 heavy (non-hydrogen) atoms. The highest BCUT2D eigenvalue weighted by Crippen LogP contribution is 2.56. The zero-order chi connectivity index (χ0) is 35.6. The van der Waals surface area contributed by atoms with Crippen molar-refractivity contribution >= 4 is 112 Å². The average Bonchev–Trinajstić information content (AvgIpc) is 3.98. The van der Waals surface area contributed by atoms with Gasteiger partial charge in [-0.1, -0.05) is 60.7 Å². The number of nitrogens with zero attached hydrogens (tertiary/aromatic N) is 8. The van der Waals surface area contributed by atoms with Crippen LogP contribution in [0, 0.1) is 0 Å². The molecule has 8 heterocycles. The summed E-state index contributed by atoms with van der Waals surface area (Å²) in [5, 5.41) is 4.87. The molecule has 0 aliphatic carbocycles. The van der Waals surface area contributed by atoms with Gasteiger partial charge in [0, 0.05) is 92.5 Å². The standard InChI is InChI=1S/C42H28B2N8S2/c1-3-7-37-35(5-1)39-41(53-37)51(33-17-25-47-26-18-33)43(49(39)31-13-21-45-22-14-31)29-9-11-30(12-10-29)44-50(32-15-23-46-24-16-32)40-36-6-2-4-8-38(36)54-42(40)52(44)34-19-27-48-28-20-34/h1-28H. The molecule has 12 heteroatoms. The van der Waals surface area contributed by atoms with Crippen LogP contribution in [0.4, 0.5) is 44.1 Å². The minimum absolute atomic E-state index is 0.156. The molecule has 254 valence electrons. The van der Waals surface area contributed by atoms with E-state index in [0.717, 1.165) is 22.7 Å². The number of thiophene rings is 2. The predicted octanol–water partition coefficient (Wildman–Crippen LogP) is 9.07. The van der Waals surface area contributed by atoms with Crippen LogP contribution in [0.25, 0.3) is 20.2 Å². The Morgan fingerprint density at radius 1 is 0.352 bits per heavy atom. The van der Waals surface area contributed by atoms with Gasteiger partial charge in [-0.25, -0.2) is 0 Å². The van der Waals surface area contributed by atoms with Gasteiger partial charge < -0.3 is 19.2 Å². The second-order valence-corrected chi connectivity index (χ2v) is 15.3. The van der Waals surface area contributed by atoms with Crippen LogP contribution in [0.1, 0.15) is 0 Å². The second-order valence-electron chi connectivity index (χ2n) is 13.2. The Labute approximate surface area is 320 Å². The van der Waals surface area contributed by atoms with Gasteiger partial charge in [0.05, 0.1) is 11.4 Å². The molecular weight excluding hydrogens is 702 g/mol. The van der Waals surface area contributed by atoms with Gasteiger partial charge in [0.25, 0.3) is 0 Å². The first-order valence-electron chi connectivity index (χ1n) is 17.7. The number of hydrogen-bond donors (Lipinski definition) is 0. The Kier molecular flexibility index (Phi) is 7.24. The van der Waals surface area contributed by atoms with Gasteiger partial charge in [0.2, 0.25) is 0 Å². The summed E-state index contributed by atoms with van der Waals surface area (Å²) in [5.74, 6) is 0. The van der Waals surface area contributed by atoms with Crippen molar-refractivity contribution in [1.82, 2.24) is 19.9 Å². The Bertz CT molecular complexity index is 2580. The molecule has 0 bridgehead atoms.